The van der Waals surface area contributed by atoms with E-state index in [0.29, 0.717) is 13.2 Å². The highest BCUT2D eigenvalue weighted by atomic mass is 28.3. The van der Waals surface area contributed by atoms with Crippen LogP contribution in [0, 0.1) is 0 Å². The van der Waals surface area contributed by atoms with Gasteiger partial charge in [0.25, 0.3) is 9.04 Å². The molecule has 0 aliphatic rings. The maximum Gasteiger partial charge on any atom is 0.332 e. The SMILES string of the molecule is CC(C)(C)OC(=O)COCCO[Si](c1ccccc1)c1ccc(C(C)(C)C)cc1. The highest BCUT2D eigenvalue weighted by molar-refractivity contribution is 6.80. The summed E-state index contributed by atoms with van der Waals surface area (Å²) >= 11 is 0. The van der Waals surface area contributed by atoms with E-state index in [0.717, 1.165) is 0 Å². The summed E-state index contributed by atoms with van der Waals surface area (Å²) in [4.78, 5) is 11.7. The number of esters is 1. The lowest BCUT2D eigenvalue weighted by molar-refractivity contribution is -0.160. The van der Waals surface area contributed by atoms with Crippen molar-refractivity contribution in [1.29, 1.82) is 0 Å². The molecule has 2 aromatic rings. The molecule has 0 aromatic heterocycles. The molecule has 0 unspecified atom stereocenters. The van der Waals surface area contributed by atoms with Crippen LogP contribution in [-0.2, 0) is 24.1 Å². The van der Waals surface area contributed by atoms with Crippen LogP contribution >= 0.6 is 0 Å². The van der Waals surface area contributed by atoms with Crippen LogP contribution in [0.1, 0.15) is 47.1 Å². The lowest BCUT2D eigenvalue weighted by Gasteiger charge is -2.21. The average Bonchev–Trinajstić information content (AvgIpc) is 2.63. The molecular formula is C24H33O4Si. The van der Waals surface area contributed by atoms with Gasteiger partial charge in [-0.05, 0) is 42.1 Å². The van der Waals surface area contributed by atoms with Gasteiger partial charge in [-0.3, -0.25) is 0 Å². The van der Waals surface area contributed by atoms with Gasteiger partial charge in [0.1, 0.15) is 12.2 Å². The Hall–Kier alpha value is -1.95. The molecule has 0 bridgehead atoms. The molecule has 0 aliphatic carbocycles. The van der Waals surface area contributed by atoms with Gasteiger partial charge in [-0.15, -0.1) is 0 Å². The van der Waals surface area contributed by atoms with E-state index in [9.17, 15) is 4.79 Å². The second-order valence-corrected chi connectivity index (χ2v) is 11.1. The minimum Gasteiger partial charge on any atom is -0.458 e. The van der Waals surface area contributed by atoms with Crippen molar-refractivity contribution in [3.63, 3.8) is 0 Å². The fourth-order valence-electron chi connectivity index (χ4n) is 2.77. The van der Waals surface area contributed by atoms with Crippen LogP contribution in [0.4, 0.5) is 0 Å². The molecule has 0 N–H and O–H groups in total. The number of hydrogen-bond donors (Lipinski definition) is 0. The Labute approximate surface area is 176 Å². The Kier molecular flexibility index (Phi) is 8.20. The van der Waals surface area contributed by atoms with E-state index in [-0.39, 0.29) is 18.0 Å². The normalized spacial score (nSPS) is 12.2. The monoisotopic (exact) mass is 413 g/mol. The maximum absolute atomic E-state index is 11.7. The first-order valence-corrected chi connectivity index (χ1v) is 11.4. The molecule has 5 heteroatoms. The Morgan fingerprint density at radius 3 is 1.97 bits per heavy atom. The lowest BCUT2D eigenvalue weighted by Crippen LogP contribution is -2.45. The molecule has 0 aliphatic heterocycles. The van der Waals surface area contributed by atoms with Gasteiger partial charge < -0.3 is 13.9 Å². The first-order valence-electron chi connectivity index (χ1n) is 10.0. The van der Waals surface area contributed by atoms with Crippen molar-refractivity contribution in [2.45, 2.75) is 52.6 Å². The van der Waals surface area contributed by atoms with Crippen molar-refractivity contribution in [1.82, 2.24) is 0 Å². The second kappa shape index (κ2) is 10.2. The second-order valence-electron chi connectivity index (χ2n) is 9.01. The third kappa shape index (κ3) is 8.13. The van der Waals surface area contributed by atoms with Gasteiger partial charge in [-0.25, -0.2) is 4.79 Å². The van der Waals surface area contributed by atoms with Crippen molar-refractivity contribution in [3.05, 3.63) is 60.2 Å². The van der Waals surface area contributed by atoms with Gasteiger partial charge in [-0.1, -0.05) is 75.4 Å². The Bertz CT molecular complexity index is 758. The van der Waals surface area contributed by atoms with Gasteiger partial charge in [-0.2, -0.15) is 0 Å². The average molecular weight is 414 g/mol. The molecule has 0 atom stereocenters. The lowest BCUT2D eigenvalue weighted by atomic mass is 9.87. The number of rotatable bonds is 8. The van der Waals surface area contributed by atoms with Crippen LogP contribution in [0.3, 0.4) is 0 Å². The van der Waals surface area contributed by atoms with Crippen molar-refractivity contribution in [2.75, 3.05) is 19.8 Å². The predicted molar refractivity (Wildman–Crippen MR) is 119 cm³/mol. The molecule has 0 saturated heterocycles. The molecular weight excluding hydrogens is 380 g/mol. The molecule has 1 radical (unpaired) electrons. The van der Waals surface area contributed by atoms with E-state index in [1.54, 1.807) is 0 Å². The first-order chi connectivity index (χ1) is 13.6. The Balaban J connectivity index is 1.97. The molecule has 2 rings (SSSR count). The zero-order valence-electron chi connectivity index (χ0n) is 18.5. The quantitative estimate of drug-likeness (QED) is 0.378. The van der Waals surface area contributed by atoms with E-state index in [2.05, 4.69) is 57.2 Å². The number of carbonyl (C=O) groups is 1. The molecule has 157 valence electrons. The van der Waals surface area contributed by atoms with Crippen LogP contribution in [0.2, 0.25) is 0 Å². The zero-order valence-corrected chi connectivity index (χ0v) is 19.5. The number of carbonyl (C=O) groups excluding carboxylic acids is 1. The summed E-state index contributed by atoms with van der Waals surface area (Å²) in [5, 5.41) is 2.38. The summed E-state index contributed by atoms with van der Waals surface area (Å²) in [5.74, 6) is -0.358. The van der Waals surface area contributed by atoms with Crippen LogP contribution < -0.4 is 10.4 Å². The highest BCUT2D eigenvalue weighted by Crippen LogP contribution is 2.20. The molecule has 0 fully saturated rings. The first kappa shape index (κ1) is 23.3. The van der Waals surface area contributed by atoms with Crippen molar-refractivity contribution >= 4 is 25.4 Å². The van der Waals surface area contributed by atoms with Crippen LogP contribution in [0.5, 0.6) is 0 Å². The molecule has 4 nitrogen and oxygen atoms in total. The summed E-state index contributed by atoms with van der Waals surface area (Å²) in [6.45, 7) is 12.9. The predicted octanol–water partition coefficient (Wildman–Crippen LogP) is 3.46. The third-order valence-corrected chi connectivity index (χ3v) is 6.37. The largest absolute Gasteiger partial charge is 0.458 e. The van der Waals surface area contributed by atoms with Crippen molar-refractivity contribution in [2.24, 2.45) is 0 Å². The van der Waals surface area contributed by atoms with E-state index in [1.165, 1.54) is 15.9 Å². The summed E-state index contributed by atoms with van der Waals surface area (Å²) < 4.78 is 16.9. The fourth-order valence-corrected chi connectivity index (χ4v) is 4.69. The Morgan fingerprint density at radius 1 is 0.828 bits per heavy atom. The van der Waals surface area contributed by atoms with Crippen LogP contribution in [0.25, 0.3) is 0 Å². The van der Waals surface area contributed by atoms with Gasteiger partial charge >= 0.3 is 5.97 Å². The molecule has 2 aromatic carbocycles. The number of ether oxygens (including phenoxy) is 2. The molecule has 29 heavy (non-hydrogen) atoms. The summed E-state index contributed by atoms with van der Waals surface area (Å²) in [6, 6.07) is 19.0. The minimum atomic E-state index is -1.39. The molecule has 0 saturated carbocycles. The van der Waals surface area contributed by atoms with Crippen LogP contribution in [-0.4, -0.2) is 40.4 Å². The third-order valence-electron chi connectivity index (χ3n) is 4.16. The van der Waals surface area contributed by atoms with E-state index < -0.39 is 14.6 Å². The Morgan fingerprint density at radius 2 is 1.41 bits per heavy atom. The van der Waals surface area contributed by atoms with Crippen molar-refractivity contribution in [3.8, 4) is 0 Å². The smallest absolute Gasteiger partial charge is 0.332 e. The topological polar surface area (TPSA) is 44.8 Å². The van der Waals surface area contributed by atoms with E-state index >= 15 is 0 Å². The van der Waals surface area contributed by atoms with Gasteiger partial charge in [0.2, 0.25) is 0 Å². The fraction of sp³-hybridized carbons (Fsp3) is 0.458. The van der Waals surface area contributed by atoms with Gasteiger partial charge in [0.15, 0.2) is 0 Å². The van der Waals surface area contributed by atoms with Crippen molar-refractivity contribution < 1.29 is 18.7 Å². The van der Waals surface area contributed by atoms with Crippen LogP contribution in [0.15, 0.2) is 54.6 Å². The maximum atomic E-state index is 11.7. The van der Waals surface area contributed by atoms with Gasteiger partial charge in [0, 0.05) is 0 Å². The van der Waals surface area contributed by atoms with E-state index in [4.69, 9.17) is 13.9 Å². The zero-order chi connectivity index (χ0) is 21.5. The summed E-state index contributed by atoms with van der Waals surface area (Å²) in [7, 11) is -1.39. The summed E-state index contributed by atoms with van der Waals surface area (Å²) in [5.41, 5.74) is 0.921. The number of benzene rings is 2. The highest BCUT2D eigenvalue weighted by Gasteiger charge is 2.21. The number of hydrogen-bond acceptors (Lipinski definition) is 4. The molecule has 0 amide bonds. The summed E-state index contributed by atoms with van der Waals surface area (Å²) in [6.07, 6.45) is 0. The minimum absolute atomic E-state index is 0.0612. The molecule has 0 heterocycles. The standard InChI is InChI=1S/C24H33O4Si/c1-23(2,3)19-12-14-21(15-13-19)29(20-10-8-7-9-11-20)27-17-16-26-18-22(25)28-24(4,5)6/h7-15H,16-18H2,1-6H3. The molecule has 0 spiro atoms. The van der Waals surface area contributed by atoms with Gasteiger partial charge in [0.05, 0.1) is 13.2 Å². The van der Waals surface area contributed by atoms with E-state index in [1.807, 2.05) is 39.0 Å².